The summed E-state index contributed by atoms with van der Waals surface area (Å²) in [4.78, 5) is 9.97. The molecule has 2 heterocycles. The van der Waals surface area contributed by atoms with Crippen molar-refractivity contribution in [2.45, 2.75) is 8.68 Å². The lowest BCUT2D eigenvalue weighted by Crippen LogP contribution is -1.80. The van der Waals surface area contributed by atoms with Gasteiger partial charge in [-0.05, 0) is 35.0 Å². The first-order valence-electron chi connectivity index (χ1n) is 9.93. The highest BCUT2D eigenvalue weighted by Crippen LogP contribution is 2.41. The van der Waals surface area contributed by atoms with Crippen molar-refractivity contribution in [3.05, 3.63) is 97.1 Å². The van der Waals surface area contributed by atoms with Crippen LogP contribution in [0.4, 0.5) is 0 Å². The zero-order valence-electron chi connectivity index (χ0n) is 16.4. The molecule has 0 N–H and O–H groups in total. The van der Waals surface area contributed by atoms with E-state index in [9.17, 15) is 0 Å². The van der Waals surface area contributed by atoms with Gasteiger partial charge in [-0.15, -0.1) is 22.7 Å². The van der Waals surface area contributed by atoms with Gasteiger partial charge in [0.2, 0.25) is 0 Å². The third-order valence-electron chi connectivity index (χ3n) is 5.14. The van der Waals surface area contributed by atoms with Gasteiger partial charge in [0.25, 0.3) is 0 Å². The van der Waals surface area contributed by atoms with Crippen molar-refractivity contribution in [3.8, 4) is 22.3 Å². The van der Waals surface area contributed by atoms with Gasteiger partial charge < -0.3 is 0 Å². The van der Waals surface area contributed by atoms with Crippen LogP contribution in [0.5, 0.6) is 0 Å². The number of nitrogens with zero attached hydrogens (tertiary/aromatic N) is 2. The molecule has 5 heteroatoms. The maximum Gasteiger partial charge on any atom is 0.158 e. The van der Waals surface area contributed by atoms with Gasteiger partial charge in [-0.25, -0.2) is 9.97 Å². The molecule has 2 aromatic heterocycles. The van der Waals surface area contributed by atoms with Crippen LogP contribution in [0, 0.1) is 0 Å². The molecule has 0 saturated carbocycles. The second-order valence-corrected chi connectivity index (χ2v) is 10.7. The first kappa shape index (κ1) is 18.8. The number of rotatable bonds is 4. The van der Waals surface area contributed by atoms with E-state index in [0.29, 0.717) is 0 Å². The number of thiazole rings is 2. The molecule has 0 aliphatic heterocycles. The molecule has 31 heavy (non-hydrogen) atoms. The molecule has 0 aliphatic carbocycles. The Morgan fingerprint density at radius 1 is 0.484 bits per heavy atom. The predicted molar refractivity (Wildman–Crippen MR) is 134 cm³/mol. The van der Waals surface area contributed by atoms with E-state index in [2.05, 4.69) is 84.9 Å². The van der Waals surface area contributed by atoms with E-state index in [4.69, 9.17) is 9.97 Å². The zero-order chi connectivity index (χ0) is 20.6. The van der Waals surface area contributed by atoms with Crippen molar-refractivity contribution in [1.82, 2.24) is 9.97 Å². The molecule has 0 amide bonds. The Kier molecular flexibility index (Phi) is 4.80. The third-order valence-corrected chi connectivity index (χ3v) is 8.31. The molecule has 0 saturated heterocycles. The second kappa shape index (κ2) is 7.93. The fourth-order valence-electron chi connectivity index (χ4n) is 3.72. The van der Waals surface area contributed by atoms with Gasteiger partial charge in [-0.1, -0.05) is 84.9 Å². The van der Waals surface area contributed by atoms with Crippen molar-refractivity contribution < 1.29 is 0 Å². The number of fused-ring (bicyclic) bond motifs is 2. The molecule has 0 bridgehead atoms. The standard InChI is InChI=1S/C26H16N2S3/c1-3-9-17(10-4-1)19-13-7-15-21-23(19)27-25(29-21)31-26-28-24-20(14-8-16-22(24)30-26)18-11-5-2-6-12-18/h1-16H. The SMILES string of the molecule is c1ccc(-c2cccc3sc(Sc4nc5c(-c6ccccc6)cccc5s4)nc23)cc1. The van der Waals surface area contributed by atoms with Crippen molar-refractivity contribution in [3.63, 3.8) is 0 Å². The minimum atomic E-state index is 1.03. The lowest BCUT2D eigenvalue weighted by atomic mass is 10.1. The van der Waals surface area contributed by atoms with E-state index in [1.54, 1.807) is 34.4 Å². The lowest BCUT2D eigenvalue weighted by molar-refractivity contribution is 1.26. The van der Waals surface area contributed by atoms with Gasteiger partial charge in [-0.2, -0.15) is 0 Å². The van der Waals surface area contributed by atoms with Gasteiger partial charge in [0.05, 0.1) is 20.4 Å². The lowest BCUT2D eigenvalue weighted by Gasteiger charge is -2.01. The van der Waals surface area contributed by atoms with E-state index < -0.39 is 0 Å². The number of benzene rings is 4. The maximum absolute atomic E-state index is 4.98. The monoisotopic (exact) mass is 452 g/mol. The summed E-state index contributed by atoms with van der Waals surface area (Å²) in [6.07, 6.45) is 0. The minimum Gasteiger partial charge on any atom is -0.229 e. The fourth-order valence-corrected chi connectivity index (χ4v) is 7.09. The van der Waals surface area contributed by atoms with E-state index in [1.165, 1.54) is 31.7 Å². The molecule has 0 radical (unpaired) electrons. The summed E-state index contributed by atoms with van der Waals surface area (Å²) in [7, 11) is 0. The number of aromatic nitrogens is 2. The predicted octanol–water partition coefficient (Wildman–Crippen LogP) is 8.39. The summed E-state index contributed by atoms with van der Waals surface area (Å²) in [5.74, 6) is 0. The average molecular weight is 453 g/mol. The van der Waals surface area contributed by atoms with Crippen LogP contribution in [0.2, 0.25) is 0 Å². The molecule has 0 atom stereocenters. The normalized spacial score (nSPS) is 11.4. The molecule has 0 fully saturated rings. The first-order chi connectivity index (χ1) is 15.3. The van der Waals surface area contributed by atoms with E-state index in [1.807, 2.05) is 12.1 Å². The molecule has 0 spiro atoms. The number of hydrogen-bond donors (Lipinski definition) is 0. The molecule has 4 aromatic carbocycles. The van der Waals surface area contributed by atoms with Crippen LogP contribution in [0.15, 0.2) is 106 Å². The molecule has 6 aromatic rings. The van der Waals surface area contributed by atoms with Crippen molar-refractivity contribution in [1.29, 1.82) is 0 Å². The van der Waals surface area contributed by atoms with Gasteiger partial charge in [0.15, 0.2) is 8.68 Å². The Labute approximate surface area is 192 Å². The number of para-hydroxylation sites is 2. The van der Waals surface area contributed by atoms with Gasteiger partial charge >= 0.3 is 0 Å². The molecule has 148 valence electrons. The molecule has 0 unspecified atom stereocenters. The van der Waals surface area contributed by atoms with Crippen LogP contribution in [0.25, 0.3) is 42.7 Å². The smallest absolute Gasteiger partial charge is 0.158 e. The Morgan fingerprint density at radius 2 is 0.935 bits per heavy atom. The Hall–Kier alpha value is -2.99. The Morgan fingerprint density at radius 3 is 1.39 bits per heavy atom. The van der Waals surface area contributed by atoms with E-state index >= 15 is 0 Å². The Bertz CT molecular complexity index is 1390. The summed E-state index contributed by atoms with van der Waals surface area (Å²) >= 11 is 5.12. The highest BCUT2D eigenvalue weighted by molar-refractivity contribution is 8.02. The van der Waals surface area contributed by atoms with Crippen molar-refractivity contribution in [2.24, 2.45) is 0 Å². The van der Waals surface area contributed by atoms with Crippen LogP contribution in [-0.2, 0) is 0 Å². The summed E-state index contributed by atoms with van der Waals surface area (Å²) < 4.78 is 4.46. The van der Waals surface area contributed by atoms with Crippen LogP contribution >= 0.6 is 34.4 Å². The van der Waals surface area contributed by atoms with E-state index in [-0.39, 0.29) is 0 Å². The quantitative estimate of drug-likeness (QED) is 0.268. The first-order valence-corrected chi connectivity index (χ1v) is 12.4. The van der Waals surface area contributed by atoms with Gasteiger partial charge in [-0.3, -0.25) is 0 Å². The van der Waals surface area contributed by atoms with Crippen LogP contribution in [0.1, 0.15) is 0 Å². The maximum atomic E-state index is 4.98. The van der Waals surface area contributed by atoms with Crippen LogP contribution < -0.4 is 0 Å². The van der Waals surface area contributed by atoms with Crippen LogP contribution in [-0.4, -0.2) is 9.97 Å². The van der Waals surface area contributed by atoms with Crippen molar-refractivity contribution in [2.75, 3.05) is 0 Å². The third kappa shape index (κ3) is 3.55. The minimum absolute atomic E-state index is 1.03. The average Bonchev–Trinajstić information content (AvgIpc) is 3.43. The summed E-state index contributed by atoms with van der Waals surface area (Å²) in [5, 5.41) is 0. The van der Waals surface area contributed by atoms with Crippen molar-refractivity contribution >= 4 is 54.9 Å². The van der Waals surface area contributed by atoms with Crippen LogP contribution in [0.3, 0.4) is 0 Å². The second-order valence-electron chi connectivity index (χ2n) is 7.10. The highest BCUT2D eigenvalue weighted by atomic mass is 32.2. The molecular weight excluding hydrogens is 437 g/mol. The molecule has 2 nitrogen and oxygen atoms in total. The summed E-state index contributed by atoms with van der Waals surface area (Å²) in [6.45, 7) is 0. The largest absolute Gasteiger partial charge is 0.229 e. The number of hydrogen-bond acceptors (Lipinski definition) is 5. The fraction of sp³-hybridized carbons (Fsp3) is 0. The van der Waals surface area contributed by atoms with Gasteiger partial charge in [0.1, 0.15) is 0 Å². The van der Waals surface area contributed by atoms with Gasteiger partial charge in [0, 0.05) is 11.1 Å². The zero-order valence-corrected chi connectivity index (χ0v) is 18.8. The Balaban J connectivity index is 1.39. The summed E-state index contributed by atoms with van der Waals surface area (Å²) in [5.41, 5.74) is 6.87. The highest BCUT2D eigenvalue weighted by Gasteiger charge is 2.14. The van der Waals surface area contributed by atoms with E-state index in [0.717, 1.165) is 19.7 Å². The topological polar surface area (TPSA) is 25.8 Å². The molecule has 6 rings (SSSR count). The molecular formula is C26H16N2S3. The molecule has 0 aliphatic rings. The summed E-state index contributed by atoms with van der Waals surface area (Å²) in [6, 6.07) is 33.7.